The van der Waals surface area contributed by atoms with Crippen LogP contribution in [0.5, 0.6) is 0 Å². The van der Waals surface area contributed by atoms with Gasteiger partial charge in [-0.05, 0) is 46.6 Å². The minimum atomic E-state index is -2.94. The highest BCUT2D eigenvalue weighted by Gasteiger charge is 2.43. The Morgan fingerprint density at radius 3 is 2.43 bits per heavy atom. The van der Waals surface area contributed by atoms with Gasteiger partial charge in [0.1, 0.15) is 10.7 Å². The lowest BCUT2D eigenvalue weighted by atomic mass is 9.86. The largest absolute Gasteiger partial charge is 0.365 e. The SMILES string of the molecule is C=C(CC)N(C(=CC)C(=O)Nc1sc2c(c1C(N)=O)CC(C)(C)OC2(C)C)C(F)F. The summed E-state index contributed by atoms with van der Waals surface area (Å²) in [7, 11) is 0. The number of hydrogen-bond donors (Lipinski definition) is 2. The van der Waals surface area contributed by atoms with Crippen molar-refractivity contribution in [2.75, 3.05) is 5.32 Å². The first-order valence-corrected chi connectivity index (χ1v) is 10.5. The fraction of sp³-hybridized carbons (Fsp3) is 0.524. The van der Waals surface area contributed by atoms with Crippen LogP contribution in [0.3, 0.4) is 0 Å². The number of nitrogens with zero attached hydrogens (tertiary/aromatic N) is 1. The van der Waals surface area contributed by atoms with Crippen LogP contribution in [0.2, 0.25) is 0 Å². The number of primary amides is 1. The molecule has 9 heteroatoms. The van der Waals surface area contributed by atoms with Gasteiger partial charge in [0, 0.05) is 17.0 Å². The normalized spacial score (nSPS) is 17.4. The zero-order valence-corrected chi connectivity index (χ0v) is 19.0. The Labute approximate surface area is 179 Å². The maximum atomic E-state index is 13.6. The maximum absolute atomic E-state index is 13.6. The number of ether oxygens (including phenoxy) is 1. The van der Waals surface area contributed by atoms with Crippen LogP contribution in [-0.4, -0.2) is 28.9 Å². The molecule has 0 spiro atoms. The summed E-state index contributed by atoms with van der Waals surface area (Å²) in [5, 5.41) is 2.84. The van der Waals surface area contributed by atoms with E-state index < -0.39 is 29.6 Å². The van der Waals surface area contributed by atoms with E-state index in [9.17, 15) is 18.4 Å². The molecule has 0 saturated carbocycles. The summed E-state index contributed by atoms with van der Waals surface area (Å²) in [4.78, 5) is 26.5. The van der Waals surface area contributed by atoms with Crippen LogP contribution in [0, 0.1) is 0 Å². The molecule has 0 aliphatic carbocycles. The number of fused-ring (bicyclic) bond motifs is 1. The van der Waals surface area contributed by atoms with E-state index >= 15 is 0 Å². The highest BCUT2D eigenvalue weighted by Crippen LogP contribution is 2.48. The summed E-state index contributed by atoms with van der Waals surface area (Å²) < 4.78 is 33.4. The molecule has 2 rings (SSSR count). The molecule has 0 saturated heterocycles. The van der Waals surface area contributed by atoms with Crippen molar-refractivity contribution >= 4 is 28.2 Å². The molecule has 1 aliphatic heterocycles. The molecule has 166 valence electrons. The predicted octanol–water partition coefficient (Wildman–Crippen LogP) is 4.72. The van der Waals surface area contributed by atoms with Gasteiger partial charge in [0.2, 0.25) is 0 Å². The summed E-state index contributed by atoms with van der Waals surface area (Å²) in [6.07, 6.45) is 1.97. The smallest absolute Gasteiger partial charge is 0.319 e. The minimum absolute atomic E-state index is 0.102. The Morgan fingerprint density at radius 2 is 1.97 bits per heavy atom. The third-order valence-corrected chi connectivity index (χ3v) is 6.32. The van der Waals surface area contributed by atoms with Crippen molar-refractivity contribution in [1.82, 2.24) is 4.90 Å². The molecule has 2 amide bonds. The lowest BCUT2D eigenvalue weighted by molar-refractivity contribution is -0.135. The topological polar surface area (TPSA) is 84.7 Å². The number of rotatable bonds is 7. The standard InChI is InChI=1S/C21H29F2N3O3S/c1-8-11(3)26(19(22)23)13(9-2)17(28)25-18-14(16(24)27)12-10-20(4,5)29-21(6,7)15(12)30-18/h9,19H,3,8,10H2,1-2,4-7H3,(H2,24,27)(H,25,28). The number of allylic oxidation sites excluding steroid dienone is 2. The fourth-order valence-electron chi connectivity index (χ4n) is 3.80. The fourth-order valence-corrected chi connectivity index (χ4v) is 5.06. The maximum Gasteiger partial charge on any atom is 0.319 e. The number of hydrogen-bond acceptors (Lipinski definition) is 5. The summed E-state index contributed by atoms with van der Waals surface area (Å²) in [5.41, 5.74) is 5.16. The van der Waals surface area contributed by atoms with Crippen molar-refractivity contribution < 1.29 is 23.1 Å². The third-order valence-electron chi connectivity index (χ3n) is 4.87. The number of halogens is 2. The number of anilines is 1. The van der Waals surface area contributed by atoms with Gasteiger partial charge in [-0.1, -0.05) is 19.6 Å². The number of alkyl halides is 2. The second-order valence-electron chi connectivity index (χ2n) is 8.22. The van der Waals surface area contributed by atoms with Crippen LogP contribution in [0.15, 0.2) is 24.0 Å². The van der Waals surface area contributed by atoms with Crippen molar-refractivity contribution in [3.05, 3.63) is 40.1 Å². The molecular weight excluding hydrogens is 412 g/mol. The average molecular weight is 442 g/mol. The monoisotopic (exact) mass is 441 g/mol. The van der Waals surface area contributed by atoms with E-state index in [1.54, 1.807) is 6.92 Å². The number of thiophene rings is 1. The van der Waals surface area contributed by atoms with Crippen LogP contribution < -0.4 is 11.1 Å². The zero-order chi connectivity index (χ0) is 23.0. The molecule has 0 bridgehead atoms. The Morgan fingerprint density at radius 1 is 1.37 bits per heavy atom. The van der Waals surface area contributed by atoms with Crippen molar-refractivity contribution in [2.45, 2.75) is 72.1 Å². The minimum Gasteiger partial charge on any atom is -0.365 e. The van der Waals surface area contributed by atoms with Gasteiger partial charge >= 0.3 is 6.55 Å². The number of amides is 2. The number of nitrogens with one attached hydrogen (secondary N) is 1. The van der Waals surface area contributed by atoms with Crippen LogP contribution in [0.25, 0.3) is 0 Å². The highest BCUT2D eigenvalue weighted by atomic mass is 32.1. The molecule has 0 atom stereocenters. The molecule has 0 radical (unpaired) electrons. The van der Waals surface area contributed by atoms with E-state index in [0.29, 0.717) is 11.3 Å². The van der Waals surface area contributed by atoms with Crippen LogP contribution in [0.1, 0.15) is 68.8 Å². The van der Waals surface area contributed by atoms with Crippen LogP contribution in [0.4, 0.5) is 13.8 Å². The Kier molecular flexibility index (Phi) is 6.78. The average Bonchev–Trinajstić information content (AvgIpc) is 2.95. The van der Waals surface area contributed by atoms with Gasteiger partial charge in [0.15, 0.2) is 0 Å². The van der Waals surface area contributed by atoms with E-state index in [0.717, 1.165) is 10.4 Å². The lowest BCUT2D eigenvalue weighted by Crippen LogP contribution is -2.42. The molecule has 6 nitrogen and oxygen atoms in total. The summed E-state index contributed by atoms with van der Waals surface area (Å²) in [6, 6.07) is 0. The van der Waals surface area contributed by atoms with Gasteiger partial charge < -0.3 is 15.8 Å². The molecule has 1 aromatic heterocycles. The van der Waals surface area contributed by atoms with Gasteiger partial charge in [0.25, 0.3) is 11.8 Å². The van der Waals surface area contributed by atoms with Crippen molar-refractivity contribution in [2.24, 2.45) is 5.73 Å². The summed E-state index contributed by atoms with van der Waals surface area (Å²) in [5.74, 6) is -1.46. The van der Waals surface area contributed by atoms with E-state index in [-0.39, 0.29) is 28.4 Å². The van der Waals surface area contributed by atoms with Crippen molar-refractivity contribution in [3.63, 3.8) is 0 Å². The second-order valence-corrected chi connectivity index (χ2v) is 9.24. The van der Waals surface area contributed by atoms with Crippen molar-refractivity contribution in [3.8, 4) is 0 Å². The van der Waals surface area contributed by atoms with Gasteiger partial charge in [0.05, 0.1) is 16.8 Å². The molecule has 1 aliphatic rings. The molecule has 0 fully saturated rings. The van der Waals surface area contributed by atoms with E-state index in [2.05, 4.69) is 11.9 Å². The zero-order valence-electron chi connectivity index (χ0n) is 18.2. The molecule has 2 heterocycles. The quantitative estimate of drug-likeness (QED) is 0.473. The summed E-state index contributed by atoms with van der Waals surface area (Å²) >= 11 is 1.18. The Hall–Kier alpha value is -2.26. The number of carbonyl (C=O) groups excluding carboxylic acids is 2. The number of carbonyl (C=O) groups is 2. The highest BCUT2D eigenvalue weighted by molar-refractivity contribution is 7.17. The van der Waals surface area contributed by atoms with E-state index in [1.807, 2.05) is 27.7 Å². The molecule has 1 aromatic rings. The van der Waals surface area contributed by atoms with Gasteiger partial charge in [-0.15, -0.1) is 11.3 Å². The van der Waals surface area contributed by atoms with Crippen LogP contribution in [-0.2, 0) is 21.6 Å². The lowest BCUT2D eigenvalue weighted by Gasteiger charge is -2.41. The molecule has 3 N–H and O–H groups in total. The predicted molar refractivity (Wildman–Crippen MR) is 114 cm³/mol. The Bertz CT molecular complexity index is 904. The number of nitrogens with two attached hydrogens (primary N) is 1. The van der Waals surface area contributed by atoms with Crippen LogP contribution >= 0.6 is 11.3 Å². The van der Waals surface area contributed by atoms with E-state index in [4.69, 9.17) is 10.5 Å². The third kappa shape index (κ3) is 4.57. The van der Waals surface area contributed by atoms with Gasteiger partial charge in [-0.2, -0.15) is 8.78 Å². The second kappa shape index (κ2) is 8.47. The first-order chi connectivity index (χ1) is 13.8. The van der Waals surface area contributed by atoms with Gasteiger partial charge in [-0.3, -0.25) is 14.5 Å². The molecule has 0 aromatic carbocycles. The molecule has 30 heavy (non-hydrogen) atoms. The molecular formula is C21H29F2N3O3S. The first kappa shape index (κ1) is 24.0. The van der Waals surface area contributed by atoms with Crippen molar-refractivity contribution in [1.29, 1.82) is 0 Å². The van der Waals surface area contributed by atoms with E-state index in [1.165, 1.54) is 24.3 Å². The molecule has 0 unspecified atom stereocenters. The summed E-state index contributed by atoms with van der Waals surface area (Å²) in [6.45, 7) is 11.4. The Balaban J connectivity index is 2.51. The first-order valence-electron chi connectivity index (χ1n) is 9.64. The van der Waals surface area contributed by atoms with Gasteiger partial charge in [-0.25, -0.2) is 0 Å².